The van der Waals surface area contributed by atoms with Crippen LogP contribution in [-0.2, 0) is 9.53 Å². The van der Waals surface area contributed by atoms with Gasteiger partial charge in [0.15, 0.2) is 0 Å². The number of Topliss-reactive ketones (excluding diaryl/α,β-unsaturated/α-hetero) is 1. The topological polar surface area (TPSA) is 46.6 Å². The minimum atomic E-state index is -0.375. The number of halogens is 1. The molecule has 4 nitrogen and oxygen atoms in total. The van der Waals surface area contributed by atoms with Gasteiger partial charge in [-0.1, -0.05) is 34.1 Å². The fraction of sp³-hybridized carbons (Fsp3) is 0.429. The van der Waals surface area contributed by atoms with E-state index in [9.17, 15) is 9.59 Å². The molecule has 5 heteroatoms. The maximum atomic E-state index is 11.9. The quantitative estimate of drug-likeness (QED) is 0.721. The van der Waals surface area contributed by atoms with E-state index < -0.39 is 0 Å². The van der Waals surface area contributed by atoms with E-state index >= 15 is 0 Å². The highest BCUT2D eigenvalue weighted by atomic mass is 79.9. The van der Waals surface area contributed by atoms with Crippen LogP contribution in [0.1, 0.15) is 19.8 Å². The van der Waals surface area contributed by atoms with Gasteiger partial charge in [0.1, 0.15) is 5.78 Å². The number of nitrogens with zero attached hydrogens (tertiary/aromatic N) is 1. The molecule has 1 aromatic carbocycles. The first-order valence-electron chi connectivity index (χ1n) is 6.26. The van der Waals surface area contributed by atoms with Crippen molar-refractivity contribution in [3.63, 3.8) is 0 Å². The Morgan fingerprint density at radius 2 is 1.95 bits per heavy atom. The summed E-state index contributed by atoms with van der Waals surface area (Å²) in [5.74, 6) is 0.136. The third-order valence-electron chi connectivity index (χ3n) is 2.54. The van der Waals surface area contributed by atoms with E-state index in [0.717, 1.165) is 5.69 Å². The van der Waals surface area contributed by atoms with Gasteiger partial charge in [-0.3, -0.25) is 9.69 Å². The Morgan fingerprint density at radius 1 is 1.26 bits per heavy atom. The smallest absolute Gasteiger partial charge is 0.414 e. The van der Waals surface area contributed by atoms with Gasteiger partial charge in [0.05, 0.1) is 11.9 Å². The van der Waals surface area contributed by atoms with Crippen molar-refractivity contribution >= 4 is 33.5 Å². The summed E-state index contributed by atoms with van der Waals surface area (Å²) in [5.41, 5.74) is 0.784. The molecular formula is C14H18BrNO3. The first kappa shape index (κ1) is 15.7. The fourth-order valence-electron chi connectivity index (χ4n) is 1.64. The van der Waals surface area contributed by atoms with Crippen molar-refractivity contribution in [1.82, 2.24) is 0 Å². The molecule has 0 spiro atoms. The summed E-state index contributed by atoms with van der Waals surface area (Å²) in [5, 5.41) is 0.359. The van der Waals surface area contributed by atoms with E-state index in [-0.39, 0.29) is 11.9 Å². The summed E-state index contributed by atoms with van der Waals surface area (Å²) in [7, 11) is 0. The van der Waals surface area contributed by atoms with E-state index in [4.69, 9.17) is 4.74 Å². The van der Waals surface area contributed by atoms with E-state index in [2.05, 4.69) is 15.9 Å². The number of ether oxygens (including phenoxy) is 1. The highest BCUT2D eigenvalue weighted by Crippen LogP contribution is 2.15. The van der Waals surface area contributed by atoms with Crippen molar-refractivity contribution in [3.05, 3.63) is 30.3 Å². The lowest BCUT2D eigenvalue weighted by Crippen LogP contribution is -2.32. The number of hydrogen-bond acceptors (Lipinski definition) is 3. The largest absolute Gasteiger partial charge is 0.449 e. The van der Waals surface area contributed by atoms with Crippen LogP contribution in [0.4, 0.5) is 10.5 Å². The Labute approximate surface area is 121 Å². The van der Waals surface area contributed by atoms with Gasteiger partial charge in [-0.15, -0.1) is 0 Å². The molecule has 0 aromatic heterocycles. The van der Waals surface area contributed by atoms with E-state index in [0.29, 0.717) is 31.3 Å². The number of anilines is 1. The maximum absolute atomic E-state index is 11.9. The summed E-state index contributed by atoms with van der Waals surface area (Å²) in [4.78, 5) is 24.7. The third-order valence-corrected chi connectivity index (χ3v) is 3.17. The van der Waals surface area contributed by atoms with Gasteiger partial charge < -0.3 is 4.74 Å². The monoisotopic (exact) mass is 327 g/mol. The van der Waals surface area contributed by atoms with Crippen molar-refractivity contribution in [3.8, 4) is 0 Å². The van der Waals surface area contributed by atoms with Crippen molar-refractivity contribution < 1.29 is 14.3 Å². The molecule has 104 valence electrons. The summed E-state index contributed by atoms with van der Waals surface area (Å²) in [6.07, 6.45) is 0.701. The van der Waals surface area contributed by atoms with Crippen LogP contribution in [0.15, 0.2) is 30.3 Å². The predicted octanol–water partition coefficient (Wildman–Crippen LogP) is 3.39. The highest BCUT2D eigenvalue weighted by Gasteiger charge is 2.16. The number of rotatable bonds is 7. The fourth-order valence-corrected chi connectivity index (χ4v) is 1.92. The summed E-state index contributed by atoms with van der Waals surface area (Å²) in [6.45, 7) is 2.58. The first-order valence-corrected chi connectivity index (χ1v) is 7.38. The standard InChI is InChI=1S/C14H18BrNO3/c1-2-19-14(18)16(10-6-9-13(17)11-15)12-7-4-3-5-8-12/h3-5,7-8H,2,6,9-11H2,1H3. The summed E-state index contributed by atoms with van der Waals surface area (Å²) in [6, 6.07) is 9.32. The van der Waals surface area contributed by atoms with Crippen LogP contribution in [0, 0.1) is 0 Å². The Hall–Kier alpha value is -1.36. The number of carbonyl (C=O) groups excluding carboxylic acids is 2. The molecule has 19 heavy (non-hydrogen) atoms. The number of hydrogen-bond donors (Lipinski definition) is 0. The molecule has 0 N–H and O–H groups in total. The van der Waals surface area contributed by atoms with E-state index in [1.807, 2.05) is 30.3 Å². The average molecular weight is 328 g/mol. The number of ketones is 1. The zero-order chi connectivity index (χ0) is 14.1. The van der Waals surface area contributed by atoms with Crippen LogP contribution in [0.2, 0.25) is 0 Å². The van der Waals surface area contributed by atoms with Crippen molar-refractivity contribution in [2.75, 3.05) is 23.4 Å². The van der Waals surface area contributed by atoms with Crippen LogP contribution in [0.5, 0.6) is 0 Å². The predicted molar refractivity (Wildman–Crippen MR) is 78.8 cm³/mol. The number of benzene rings is 1. The molecular weight excluding hydrogens is 310 g/mol. The Bertz CT molecular complexity index is 408. The van der Waals surface area contributed by atoms with Crippen molar-refractivity contribution in [2.45, 2.75) is 19.8 Å². The second-order valence-corrected chi connectivity index (χ2v) is 4.52. The Morgan fingerprint density at radius 3 is 2.53 bits per heavy atom. The van der Waals surface area contributed by atoms with Crippen LogP contribution in [-0.4, -0.2) is 30.4 Å². The normalized spacial score (nSPS) is 10.0. The summed E-state index contributed by atoms with van der Waals surface area (Å²) < 4.78 is 5.04. The zero-order valence-corrected chi connectivity index (χ0v) is 12.6. The molecule has 0 aliphatic heterocycles. The third kappa shape index (κ3) is 5.42. The lowest BCUT2D eigenvalue weighted by atomic mass is 10.2. The SMILES string of the molecule is CCOC(=O)N(CCCC(=O)CBr)c1ccccc1. The molecule has 1 rings (SSSR count). The molecule has 0 aliphatic rings. The minimum Gasteiger partial charge on any atom is -0.449 e. The molecule has 0 saturated carbocycles. The second-order valence-electron chi connectivity index (χ2n) is 3.96. The minimum absolute atomic E-state index is 0.136. The molecule has 0 fully saturated rings. The van der Waals surface area contributed by atoms with Gasteiger partial charge in [-0.05, 0) is 25.5 Å². The first-order chi connectivity index (χ1) is 9.19. The van der Waals surface area contributed by atoms with Gasteiger partial charge >= 0.3 is 6.09 Å². The number of carbonyl (C=O) groups is 2. The number of alkyl halides is 1. The molecule has 0 bridgehead atoms. The van der Waals surface area contributed by atoms with Gasteiger partial charge in [0.25, 0.3) is 0 Å². The van der Waals surface area contributed by atoms with Gasteiger partial charge in [0, 0.05) is 18.7 Å². The van der Waals surface area contributed by atoms with Crippen LogP contribution >= 0.6 is 15.9 Å². The van der Waals surface area contributed by atoms with E-state index in [1.165, 1.54) is 0 Å². The molecule has 0 atom stereocenters. The van der Waals surface area contributed by atoms with Crippen LogP contribution in [0.3, 0.4) is 0 Å². The average Bonchev–Trinajstić information content (AvgIpc) is 2.44. The van der Waals surface area contributed by atoms with Gasteiger partial charge in [0.2, 0.25) is 0 Å². The highest BCUT2D eigenvalue weighted by molar-refractivity contribution is 9.09. The Kier molecular flexibility index (Phi) is 7.18. The van der Waals surface area contributed by atoms with E-state index in [1.54, 1.807) is 11.8 Å². The molecule has 0 saturated heterocycles. The van der Waals surface area contributed by atoms with Gasteiger partial charge in [-0.25, -0.2) is 4.79 Å². The maximum Gasteiger partial charge on any atom is 0.414 e. The Balaban J connectivity index is 2.65. The molecule has 0 radical (unpaired) electrons. The molecule has 0 aliphatic carbocycles. The lowest BCUT2D eigenvalue weighted by molar-refractivity contribution is -0.116. The molecule has 0 unspecified atom stereocenters. The van der Waals surface area contributed by atoms with Gasteiger partial charge in [-0.2, -0.15) is 0 Å². The number of para-hydroxylation sites is 1. The second kappa shape index (κ2) is 8.69. The summed E-state index contributed by atoms with van der Waals surface area (Å²) >= 11 is 3.13. The zero-order valence-electron chi connectivity index (χ0n) is 11.0. The molecule has 1 amide bonds. The molecule has 1 aromatic rings. The van der Waals surface area contributed by atoms with Crippen molar-refractivity contribution in [2.24, 2.45) is 0 Å². The van der Waals surface area contributed by atoms with Crippen LogP contribution in [0.25, 0.3) is 0 Å². The number of amides is 1. The van der Waals surface area contributed by atoms with Crippen molar-refractivity contribution in [1.29, 1.82) is 0 Å². The van der Waals surface area contributed by atoms with Crippen LogP contribution < -0.4 is 4.90 Å². The molecule has 0 heterocycles. The lowest BCUT2D eigenvalue weighted by Gasteiger charge is -2.21.